The number of nitrogens with one attached hydrogen (secondary N) is 1. The SMILES string of the molecule is CC(C)(C)OC(=O)NCCC=Cc1cccc2c(N)cccc12. The number of fused-ring (bicyclic) bond motifs is 1. The van der Waals surface area contributed by atoms with Crippen molar-refractivity contribution in [2.75, 3.05) is 12.3 Å². The molecular weight excluding hydrogens is 288 g/mol. The first-order valence-corrected chi connectivity index (χ1v) is 7.77. The predicted molar refractivity (Wildman–Crippen MR) is 96.2 cm³/mol. The first kappa shape index (κ1) is 16.9. The van der Waals surface area contributed by atoms with Gasteiger partial charge in [0.2, 0.25) is 0 Å². The number of nitrogen functional groups attached to an aromatic ring is 1. The van der Waals surface area contributed by atoms with Crippen LogP contribution in [-0.4, -0.2) is 18.2 Å². The molecule has 0 radical (unpaired) electrons. The van der Waals surface area contributed by atoms with E-state index in [0.717, 1.165) is 28.4 Å². The molecule has 4 heteroatoms. The van der Waals surface area contributed by atoms with E-state index in [1.54, 1.807) is 0 Å². The van der Waals surface area contributed by atoms with Crippen LogP contribution < -0.4 is 11.1 Å². The van der Waals surface area contributed by atoms with E-state index in [0.29, 0.717) is 6.54 Å². The molecule has 0 saturated carbocycles. The molecule has 122 valence electrons. The minimum absolute atomic E-state index is 0.385. The molecule has 4 nitrogen and oxygen atoms in total. The molecule has 2 rings (SSSR count). The number of hydrogen-bond donors (Lipinski definition) is 2. The van der Waals surface area contributed by atoms with Crippen molar-refractivity contribution in [1.82, 2.24) is 5.32 Å². The van der Waals surface area contributed by atoms with Crippen molar-refractivity contribution < 1.29 is 9.53 Å². The number of carbonyl (C=O) groups excluding carboxylic acids is 1. The molecule has 0 unspecified atom stereocenters. The predicted octanol–water partition coefficient (Wildman–Crippen LogP) is 4.35. The van der Waals surface area contributed by atoms with Crippen LogP contribution in [0.4, 0.5) is 10.5 Å². The Kier molecular flexibility index (Phi) is 5.27. The number of anilines is 1. The highest BCUT2D eigenvalue weighted by Gasteiger charge is 2.15. The number of nitrogens with two attached hydrogens (primary N) is 1. The van der Waals surface area contributed by atoms with Crippen molar-refractivity contribution in [2.24, 2.45) is 0 Å². The standard InChI is InChI=1S/C19H24N2O2/c1-19(2,3)23-18(22)21-13-5-4-8-14-9-6-11-16-15(14)10-7-12-17(16)20/h4,6-12H,5,13,20H2,1-3H3,(H,21,22). The number of alkyl carbamates (subject to hydrolysis) is 1. The van der Waals surface area contributed by atoms with Crippen LogP contribution in [0.2, 0.25) is 0 Å². The van der Waals surface area contributed by atoms with Crippen molar-refractivity contribution in [3.05, 3.63) is 48.0 Å². The summed E-state index contributed by atoms with van der Waals surface area (Å²) in [5, 5.41) is 4.92. The van der Waals surface area contributed by atoms with Crippen LogP contribution >= 0.6 is 0 Å². The van der Waals surface area contributed by atoms with E-state index in [9.17, 15) is 4.79 Å². The smallest absolute Gasteiger partial charge is 0.407 e. The summed E-state index contributed by atoms with van der Waals surface area (Å²) in [4.78, 5) is 11.5. The molecule has 0 saturated heterocycles. The Morgan fingerprint density at radius 2 is 1.87 bits per heavy atom. The highest BCUT2D eigenvalue weighted by molar-refractivity contribution is 5.97. The van der Waals surface area contributed by atoms with E-state index in [1.165, 1.54) is 0 Å². The Bertz CT molecular complexity index is 715. The van der Waals surface area contributed by atoms with Gasteiger partial charge in [0.1, 0.15) is 5.60 Å². The molecule has 3 N–H and O–H groups in total. The lowest BCUT2D eigenvalue weighted by Gasteiger charge is -2.19. The number of amides is 1. The fourth-order valence-corrected chi connectivity index (χ4v) is 2.29. The van der Waals surface area contributed by atoms with Crippen LogP contribution in [0, 0.1) is 0 Å². The second-order valence-electron chi connectivity index (χ2n) is 6.41. The van der Waals surface area contributed by atoms with Gasteiger partial charge >= 0.3 is 6.09 Å². The van der Waals surface area contributed by atoms with Gasteiger partial charge in [-0.05, 0) is 44.2 Å². The molecule has 2 aromatic carbocycles. The molecule has 0 aliphatic rings. The third-order valence-electron chi connectivity index (χ3n) is 3.27. The van der Waals surface area contributed by atoms with Crippen molar-refractivity contribution in [2.45, 2.75) is 32.8 Å². The zero-order valence-electron chi connectivity index (χ0n) is 13.9. The molecule has 0 heterocycles. The second kappa shape index (κ2) is 7.18. The number of rotatable bonds is 4. The maximum absolute atomic E-state index is 11.5. The van der Waals surface area contributed by atoms with Gasteiger partial charge in [0, 0.05) is 17.6 Å². The monoisotopic (exact) mass is 312 g/mol. The summed E-state index contributed by atoms with van der Waals surface area (Å²) in [5.41, 5.74) is 7.43. The highest BCUT2D eigenvalue weighted by atomic mass is 16.6. The normalized spacial score (nSPS) is 11.8. The average molecular weight is 312 g/mol. The Labute approximate surface area is 137 Å². The summed E-state index contributed by atoms with van der Waals surface area (Å²) >= 11 is 0. The van der Waals surface area contributed by atoms with Gasteiger partial charge in [0.05, 0.1) is 0 Å². The molecule has 0 fully saturated rings. The van der Waals surface area contributed by atoms with Crippen LogP contribution in [0.5, 0.6) is 0 Å². The molecule has 0 aromatic heterocycles. The van der Waals surface area contributed by atoms with Crippen molar-refractivity contribution in [1.29, 1.82) is 0 Å². The Balaban J connectivity index is 1.92. The van der Waals surface area contributed by atoms with Crippen LogP contribution in [-0.2, 0) is 4.74 Å². The summed E-state index contributed by atoms with van der Waals surface area (Å²) in [5.74, 6) is 0. The third-order valence-corrected chi connectivity index (χ3v) is 3.27. The number of ether oxygens (including phenoxy) is 1. The first-order valence-electron chi connectivity index (χ1n) is 7.77. The third kappa shape index (κ3) is 5.02. The molecule has 2 aromatic rings. The summed E-state index contributed by atoms with van der Waals surface area (Å²) in [6, 6.07) is 12.0. The zero-order valence-corrected chi connectivity index (χ0v) is 13.9. The topological polar surface area (TPSA) is 64.3 Å². The van der Waals surface area contributed by atoms with Gasteiger partial charge < -0.3 is 15.8 Å². The Hall–Kier alpha value is -2.49. The second-order valence-corrected chi connectivity index (χ2v) is 6.41. The maximum atomic E-state index is 11.5. The molecule has 0 atom stereocenters. The molecule has 1 amide bonds. The fraction of sp³-hybridized carbons (Fsp3) is 0.316. The summed E-state index contributed by atoms with van der Waals surface area (Å²) in [7, 11) is 0. The van der Waals surface area contributed by atoms with Gasteiger partial charge in [-0.15, -0.1) is 0 Å². The summed E-state index contributed by atoms with van der Waals surface area (Å²) in [6.07, 6.45) is 4.44. The minimum Gasteiger partial charge on any atom is -0.444 e. The lowest BCUT2D eigenvalue weighted by Crippen LogP contribution is -2.32. The van der Waals surface area contributed by atoms with Gasteiger partial charge in [-0.3, -0.25) is 0 Å². The molecule has 23 heavy (non-hydrogen) atoms. The molecular formula is C19H24N2O2. The number of hydrogen-bond acceptors (Lipinski definition) is 3. The van der Waals surface area contributed by atoms with Gasteiger partial charge in [0.15, 0.2) is 0 Å². The summed E-state index contributed by atoms with van der Waals surface area (Å²) in [6.45, 7) is 6.08. The van der Waals surface area contributed by atoms with Crippen LogP contribution in [0.1, 0.15) is 32.8 Å². The molecule has 0 bridgehead atoms. The maximum Gasteiger partial charge on any atom is 0.407 e. The lowest BCUT2D eigenvalue weighted by atomic mass is 10.0. The van der Waals surface area contributed by atoms with Crippen molar-refractivity contribution in [3.63, 3.8) is 0 Å². The molecule has 0 aliphatic heterocycles. The van der Waals surface area contributed by atoms with Gasteiger partial charge in [-0.2, -0.15) is 0 Å². The van der Waals surface area contributed by atoms with Crippen molar-refractivity contribution >= 4 is 28.6 Å². The minimum atomic E-state index is -0.469. The van der Waals surface area contributed by atoms with Gasteiger partial charge in [-0.1, -0.05) is 42.5 Å². The molecule has 0 aliphatic carbocycles. The van der Waals surface area contributed by atoms with Crippen molar-refractivity contribution in [3.8, 4) is 0 Å². The highest BCUT2D eigenvalue weighted by Crippen LogP contribution is 2.24. The van der Waals surface area contributed by atoms with E-state index in [4.69, 9.17) is 10.5 Å². The largest absolute Gasteiger partial charge is 0.444 e. The van der Waals surface area contributed by atoms with Crippen LogP contribution in [0.3, 0.4) is 0 Å². The Morgan fingerprint density at radius 1 is 1.17 bits per heavy atom. The number of benzene rings is 2. The molecule has 0 spiro atoms. The van der Waals surface area contributed by atoms with Gasteiger partial charge in [0.25, 0.3) is 0 Å². The zero-order chi connectivity index (χ0) is 16.9. The number of carbonyl (C=O) groups is 1. The average Bonchev–Trinajstić information content (AvgIpc) is 2.46. The van der Waals surface area contributed by atoms with E-state index in [2.05, 4.69) is 23.5 Å². The van der Waals surface area contributed by atoms with E-state index < -0.39 is 5.60 Å². The van der Waals surface area contributed by atoms with Crippen LogP contribution in [0.15, 0.2) is 42.5 Å². The quantitative estimate of drug-likeness (QED) is 0.651. The Morgan fingerprint density at radius 3 is 2.61 bits per heavy atom. The lowest BCUT2D eigenvalue weighted by molar-refractivity contribution is 0.0529. The van der Waals surface area contributed by atoms with E-state index in [1.807, 2.05) is 51.1 Å². The summed E-state index contributed by atoms with van der Waals surface area (Å²) < 4.78 is 5.19. The van der Waals surface area contributed by atoms with Crippen LogP contribution in [0.25, 0.3) is 16.8 Å². The fourth-order valence-electron chi connectivity index (χ4n) is 2.29. The van der Waals surface area contributed by atoms with E-state index in [-0.39, 0.29) is 6.09 Å². The first-order chi connectivity index (χ1) is 10.9. The van der Waals surface area contributed by atoms with Gasteiger partial charge in [-0.25, -0.2) is 4.79 Å². The van der Waals surface area contributed by atoms with E-state index >= 15 is 0 Å².